The van der Waals surface area contributed by atoms with Crippen molar-refractivity contribution in [2.75, 3.05) is 12.1 Å². The highest BCUT2D eigenvalue weighted by atomic mass is 16.1. The second-order valence-electron chi connectivity index (χ2n) is 5.07. The topological polar surface area (TPSA) is 62.3 Å². The third-order valence-corrected chi connectivity index (χ3v) is 3.45. The van der Waals surface area contributed by atoms with E-state index in [2.05, 4.69) is 15.6 Å². The minimum atomic E-state index is -0.144. The first-order valence-electron chi connectivity index (χ1n) is 7.48. The number of hydrogen-bond donors (Lipinski definition) is 1. The van der Waals surface area contributed by atoms with E-state index in [1.54, 1.807) is 17.8 Å². The maximum absolute atomic E-state index is 12.6. The first kappa shape index (κ1) is 14.9. The second kappa shape index (κ2) is 6.39. The van der Waals surface area contributed by atoms with E-state index in [9.17, 15) is 4.79 Å². The molecule has 0 unspecified atom stereocenters. The van der Waals surface area contributed by atoms with Crippen LogP contribution in [0.1, 0.15) is 12.7 Å². The molecular weight excluding hydrogens is 290 g/mol. The summed E-state index contributed by atoms with van der Waals surface area (Å²) < 4.78 is 1.41. The van der Waals surface area contributed by atoms with Crippen molar-refractivity contribution in [3.8, 4) is 0 Å². The molecule has 2 aromatic carbocycles. The Hall–Kier alpha value is -3.02. The lowest BCUT2D eigenvalue weighted by atomic mass is 10.2. The van der Waals surface area contributed by atoms with Crippen molar-refractivity contribution in [3.63, 3.8) is 0 Å². The number of fused-ring (bicyclic) bond motifs is 1. The van der Waals surface area contributed by atoms with Crippen molar-refractivity contribution in [1.82, 2.24) is 9.66 Å². The lowest BCUT2D eigenvalue weighted by molar-refractivity contribution is -0.570. The number of nitrogens with zero attached hydrogens (tertiary/aromatic N) is 4. The Kier molecular flexibility index (Phi) is 4.14. The van der Waals surface area contributed by atoms with Crippen LogP contribution in [0.5, 0.6) is 0 Å². The summed E-state index contributed by atoms with van der Waals surface area (Å²) in [6.07, 6.45) is 0. The van der Waals surface area contributed by atoms with Gasteiger partial charge in [-0.2, -0.15) is 0 Å². The number of rotatable bonds is 4. The molecule has 0 bridgehead atoms. The Labute approximate surface area is 133 Å². The molecule has 0 aliphatic rings. The minimum Gasteiger partial charge on any atom is -0.238 e. The average Bonchev–Trinajstić information content (AvgIpc) is 2.58. The van der Waals surface area contributed by atoms with E-state index in [1.807, 2.05) is 55.5 Å². The van der Waals surface area contributed by atoms with Gasteiger partial charge in [0, 0.05) is 6.92 Å². The quantitative estimate of drug-likeness (QED) is 0.458. The van der Waals surface area contributed by atoms with Gasteiger partial charge in [-0.05, 0) is 31.2 Å². The maximum Gasteiger partial charge on any atom is 0.367 e. The molecular formula is C17H18N5O+. The van der Waals surface area contributed by atoms with E-state index in [-0.39, 0.29) is 5.56 Å². The van der Waals surface area contributed by atoms with Crippen molar-refractivity contribution in [2.45, 2.75) is 13.8 Å². The molecule has 0 aliphatic carbocycles. The molecule has 0 saturated heterocycles. The van der Waals surface area contributed by atoms with Crippen LogP contribution < -0.4 is 11.1 Å². The predicted octanol–water partition coefficient (Wildman–Crippen LogP) is 2.98. The highest BCUT2D eigenvalue weighted by Gasteiger charge is 2.14. The molecule has 0 amide bonds. The number of hydrogen-bond acceptors (Lipinski definition) is 3. The van der Waals surface area contributed by atoms with Crippen molar-refractivity contribution in [2.24, 2.45) is 5.11 Å². The fourth-order valence-corrected chi connectivity index (χ4v) is 2.27. The van der Waals surface area contributed by atoms with E-state index in [0.29, 0.717) is 23.3 Å². The summed E-state index contributed by atoms with van der Waals surface area (Å²) in [6, 6.07) is 16.9. The Balaban J connectivity index is 2.03. The fourth-order valence-electron chi connectivity index (χ4n) is 2.27. The minimum absolute atomic E-state index is 0.144. The molecule has 1 aromatic heterocycles. The molecule has 3 rings (SSSR count). The summed E-state index contributed by atoms with van der Waals surface area (Å²) in [6.45, 7) is 4.33. The number of para-hydroxylation sites is 1. The van der Waals surface area contributed by atoms with Crippen LogP contribution in [0.15, 0.2) is 64.5 Å². The van der Waals surface area contributed by atoms with Crippen LogP contribution >= 0.6 is 0 Å². The van der Waals surface area contributed by atoms with Crippen molar-refractivity contribution in [1.29, 1.82) is 0 Å². The Bertz CT molecular complexity index is 915. The van der Waals surface area contributed by atoms with Crippen LogP contribution in [0.3, 0.4) is 0 Å². The zero-order chi connectivity index (χ0) is 16.2. The molecule has 6 heteroatoms. The molecule has 116 valence electrons. The highest BCUT2D eigenvalue weighted by Crippen LogP contribution is 2.10. The number of benzene rings is 2. The molecule has 0 aliphatic heterocycles. The number of aryl methyl sites for hydroxylation is 1. The highest BCUT2D eigenvalue weighted by molar-refractivity contribution is 5.77. The van der Waals surface area contributed by atoms with E-state index in [0.717, 1.165) is 5.69 Å². The van der Waals surface area contributed by atoms with Gasteiger partial charge >= 0.3 is 5.56 Å². The van der Waals surface area contributed by atoms with Crippen molar-refractivity contribution < 1.29 is 4.81 Å². The van der Waals surface area contributed by atoms with Gasteiger partial charge in [-0.3, -0.25) is 0 Å². The van der Waals surface area contributed by atoms with Gasteiger partial charge in [0.2, 0.25) is 5.82 Å². The summed E-state index contributed by atoms with van der Waals surface area (Å²) in [5.74, 6) is 0.579. The van der Waals surface area contributed by atoms with Crippen LogP contribution in [0.4, 0.5) is 5.69 Å². The first-order chi connectivity index (χ1) is 11.2. The van der Waals surface area contributed by atoms with Crippen LogP contribution in [0, 0.1) is 6.92 Å². The van der Waals surface area contributed by atoms with Crippen LogP contribution in [0.25, 0.3) is 10.9 Å². The van der Waals surface area contributed by atoms with Crippen LogP contribution in [-0.4, -0.2) is 21.0 Å². The van der Waals surface area contributed by atoms with E-state index in [4.69, 9.17) is 0 Å². The molecule has 0 spiro atoms. The molecule has 0 atom stereocenters. The van der Waals surface area contributed by atoms with Gasteiger partial charge < -0.3 is 0 Å². The fraction of sp³-hybridized carbons (Fsp3) is 0.176. The number of aromatic nitrogens is 2. The standard InChI is InChI=1S/C17H18N5O/c1-3-21(19-14-9-5-4-6-10-14)20-22-13(2)18-16-12-8-7-11-15(16)17(22)23/h4-12H,3H2,1-2H3,(H,19,20)/q+1. The monoisotopic (exact) mass is 308 g/mol. The lowest BCUT2D eigenvalue weighted by Gasteiger charge is -2.07. The summed E-state index contributed by atoms with van der Waals surface area (Å²) in [5.41, 5.74) is 4.37. The van der Waals surface area contributed by atoms with Crippen LogP contribution in [0.2, 0.25) is 0 Å². The average molecular weight is 308 g/mol. The van der Waals surface area contributed by atoms with Crippen LogP contribution in [-0.2, 0) is 0 Å². The summed E-state index contributed by atoms with van der Waals surface area (Å²) >= 11 is 0. The number of hydrazine groups is 1. The summed E-state index contributed by atoms with van der Waals surface area (Å²) in [7, 11) is 0. The van der Waals surface area contributed by atoms with Gasteiger partial charge in [0.05, 0.1) is 10.9 Å². The SMILES string of the molecule is CC[N+](=Nc1ccccc1)Nn1c(C)nc2ccccc2c1=O. The molecule has 3 aromatic rings. The largest absolute Gasteiger partial charge is 0.367 e. The van der Waals surface area contributed by atoms with Gasteiger partial charge in [0.25, 0.3) is 0 Å². The zero-order valence-electron chi connectivity index (χ0n) is 13.1. The van der Waals surface area contributed by atoms with E-state index in [1.165, 1.54) is 4.68 Å². The molecule has 23 heavy (non-hydrogen) atoms. The molecule has 1 N–H and O–H groups in total. The Morgan fingerprint density at radius 3 is 2.57 bits per heavy atom. The molecule has 0 saturated carbocycles. The Morgan fingerprint density at radius 2 is 1.83 bits per heavy atom. The first-order valence-corrected chi connectivity index (χ1v) is 7.48. The third-order valence-electron chi connectivity index (χ3n) is 3.45. The van der Waals surface area contributed by atoms with Gasteiger partial charge in [-0.15, -0.1) is 0 Å². The van der Waals surface area contributed by atoms with Gasteiger partial charge in [-0.25, -0.2) is 9.78 Å². The molecule has 0 fully saturated rings. The summed E-state index contributed by atoms with van der Waals surface area (Å²) in [4.78, 5) is 18.7. The Morgan fingerprint density at radius 1 is 1.13 bits per heavy atom. The van der Waals surface area contributed by atoms with Gasteiger partial charge in [0.1, 0.15) is 12.2 Å². The van der Waals surface area contributed by atoms with E-state index < -0.39 is 0 Å². The van der Waals surface area contributed by atoms with E-state index >= 15 is 0 Å². The van der Waals surface area contributed by atoms with Crippen molar-refractivity contribution in [3.05, 3.63) is 70.8 Å². The van der Waals surface area contributed by atoms with Gasteiger partial charge in [0.15, 0.2) is 0 Å². The molecule has 6 nitrogen and oxygen atoms in total. The van der Waals surface area contributed by atoms with Gasteiger partial charge in [-0.1, -0.05) is 50.5 Å². The van der Waals surface area contributed by atoms with Crippen molar-refractivity contribution >= 4 is 16.6 Å². The number of azo groups is 1. The smallest absolute Gasteiger partial charge is 0.238 e. The maximum atomic E-state index is 12.6. The second-order valence-corrected chi connectivity index (χ2v) is 5.07. The third kappa shape index (κ3) is 3.11. The zero-order valence-corrected chi connectivity index (χ0v) is 13.1. The molecule has 0 radical (unpaired) electrons. The lowest BCUT2D eigenvalue weighted by Crippen LogP contribution is -2.37. The summed E-state index contributed by atoms with van der Waals surface area (Å²) in [5, 5.41) is 5.04. The normalized spacial score (nSPS) is 11.7. The molecule has 1 heterocycles. The predicted molar refractivity (Wildman–Crippen MR) is 89.4 cm³/mol. The number of nitrogens with one attached hydrogen (secondary N) is 1.